The lowest BCUT2D eigenvalue weighted by Crippen LogP contribution is -2.38. The molecule has 0 radical (unpaired) electrons. The molecular weight excluding hydrogens is 242 g/mol. The molecule has 0 aromatic heterocycles. The van der Waals surface area contributed by atoms with Gasteiger partial charge >= 0.3 is 0 Å². The summed E-state index contributed by atoms with van der Waals surface area (Å²) in [6.45, 7) is 4.62. The highest BCUT2D eigenvalue weighted by molar-refractivity contribution is 5.25. The van der Waals surface area contributed by atoms with E-state index < -0.39 is 0 Å². The zero-order valence-corrected chi connectivity index (χ0v) is 13.1. The summed E-state index contributed by atoms with van der Waals surface area (Å²) in [5, 5.41) is 4.04. The molecule has 1 aromatic carbocycles. The first-order valence-electron chi connectivity index (χ1n) is 8.56. The predicted octanol–water partition coefficient (Wildman–Crippen LogP) is 5.00. The zero-order valence-electron chi connectivity index (χ0n) is 13.1. The molecule has 0 amide bonds. The SMILES string of the molecule is Cc1ccc(C(NC2CCCCCC2C)C2CC2)cc1. The van der Waals surface area contributed by atoms with Crippen LogP contribution in [0.2, 0.25) is 0 Å². The van der Waals surface area contributed by atoms with Crippen molar-refractivity contribution in [2.75, 3.05) is 0 Å². The van der Waals surface area contributed by atoms with E-state index in [0.717, 1.165) is 17.9 Å². The van der Waals surface area contributed by atoms with Crippen molar-refractivity contribution in [2.24, 2.45) is 11.8 Å². The van der Waals surface area contributed by atoms with E-state index in [1.54, 1.807) is 0 Å². The molecule has 20 heavy (non-hydrogen) atoms. The van der Waals surface area contributed by atoms with Crippen molar-refractivity contribution in [1.29, 1.82) is 0 Å². The summed E-state index contributed by atoms with van der Waals surface area (Å²) in [6, 6.07) is 10.5. The molecule has 0 aliphatic heterocycles. The normalized spacial score (nSPS) is 28.9. The minimum absolute atomic E-state index is 0.598. The average molecular weight is 271 g/mol. The predicted molar refractivity (Wildman–Crippen MR) is 85.8 cm³/mol. The molecule has 1 aromatic rings. The third-order valence-electron chi connectivity index (χ3n) is 5.28. The second-order valence-corrected chi connectivity index (χ2v) is 7.11. The molecule has 110 valence electrons. The van der Waals surface area contributed by atoms with Crippen molar-refractivity contribution in [3.05, 3.63) is 35.4 Å². The van der Waals surface area contributed by atoms with E-state index in [9.17, 15) is 0 Å². The Bertz CT molecular complexity index is 418. The molecule has 3 unspecified atom stereocenters. The minimum Gasteiger partial charge on any atom is -0.307 e. The van der Waals surface area contributed by atoms with Crippen molar-refractivity contribution < 1.29 is 0 Å². The van der Waals surface area contributed by atoms with Crippen molar-refractivity contribution in [2.45, 2.75) is 70.9 Å². The third kappa shape index (κ3) is 3.44. The maximum absolute atomic E-state index is 4.04. The fraction of sp³-hybridized carbons (Fsp3) is 0.684. The molecular formula is C19H29N. The molecule has 2 aliphatic rings. The fourth-order valence-electron chi connectivity index (χ4n) is 3.68. The van der Waals surface area contributed by atoms with Gasteiger partial charge in [-0.1, -0.05) is 56.0 Å². The molecule has 0 bridgehead atoms. The van der Waals surface area contributed by atoms with Crippen LogP contribution in [-0.4, -0.2) is 6.04 Å². The van der Waals surface area contributed by atoms with Gasteiger partial charge in [0.25, 0.3) is 0 Å². The second-order valence-electron chi connectivity index (χ2n) is 7.11. The number of benzene rings is 1. The molecule has 3 rings (SSSR count). The van der Waals surface area contributed by atoms with E-state index in [4.69, 9.17) is 0 Å². The molecule has 2 saturated carbocycles. The summed E-state index contributed by atoms with van der Waals surface area (Å²) >= 11 is 0. The van der Waals surface area contributed by atoms with Crippen LogP contribution >= 0.6 is 0 Å². The second kappa shape index (κ2) is 6.30. The van der Waals surface area contributed by atoms with E-state index >= 15 is 0 Å². The van der Waals surface area contributed by atoms with E-state index in [1.807, 2.05) is 0 Å². The van der Waals surface area contributed by atoms with E-state index in [-0.39, 0.29) is 0 Å². The lowest BCUT2D eigenvalue weighted by Gasteiger charge is -2.29. The number of hydrogen-bond acceptors (Lipinski definition) is 1. The zero-order chi connectivity index (χ0) is 13.9. The Morgan fingerprint density at radius 1 is 0.950 bits per heavy atom. The molecule has 2 aliphatic carbocycles. The Balaban J connectivity index is 1.72. The van der Waals surface area contributed by atoms with Crippen LogP contribution in [0.25, 0.3) is 0 Å². The summed E-state index contributed by atoms with van der Waals surface area (Å²) in [5.74, 6) is 1.72. The highest BCUT2D eigenvalue weighted by Gasteiger charge is 2.34. The van der Waals surface area contributed by atoms with Gasteiger partial charge in [-0.15, -0.1) is 0 Å². The van der Waals surface area contributed by atoms with Crippen LogP contribution in [0.3, 0.4) is 0 Å². The number of aryl methyl sites for hydroxylation is 1. The monoisotopic (exact) mass is 271 g/mol. The van der Waals surface area contributed by atoms with Gasteiger partial charge in [0.2, 0.25) is 0 Å². The Labute approximate surface area is 124 Å². The van der Waals surface area contributed by atoms with Crippen LogP contribution in [0.5, 0.6) is 0 Å². The van der Waals surface area contributed by atoms with Crippen LogP contribution < -0.4 is 5.32 Å². The Hall–Kier alpha value is -0.820. The Morgan fingerprint density at radius 3 is 2.35 bits per heavy atom. The van der Waals surface area contributed by atoms with Crippen molar-refractivity contribution in [3.8, 4) is 0 Å². The number of rotatable bonds is 4. The summed E-state index contributed by atoms with van der Waals surface area (Å²) in [5.41, 5.74) is 2.88. The lowest BCUT2D eigenvalue weighted by atomic mass is 9.93. The van der Waals surface area contributed by atoms with Crippen LogP contribution in [0.4, 0.5) is 0 Å². The Morgan fingerprint density at radius 2 is 1.65 bits per heavy atom. The smallest absolute Gasteiger partial charge is 0.0351 e. The van der Waals surface area contributed by atoms with Gasteiger partial charge in [-0.3, -0.25) is 0 Å². The molecule has 1 N–H and O–H groups in total. The van der Waals surface area contributed by atoms with Crippen molar-refractivity contribution in [1.82, 2.24) is 5.32 Å². The van der Waals surface area contributed by atoms with Crippen LogP contribution in [0, 0.1) is 18.8 Å². The van der Waals surface area contributed by atoms with Gasteiger partial charge in [0.05, 0.1) is 0 Å². The molecule has 1 nitrogen and oxygen atoms in total. The van der Waals surface area contributed by atoms with Gasteiger partial charge < -0.3 is 5.32 Å². The van der Waals surface area contributed by atoms with Crippen LogP contribution in [-0.2, 0) is 0 Å². The van der Waals surface area contributed by atoms with Crippen molar-refractivity contribution in [3.63, 3.8) is 0 Å². The maximum Gasteiger partial charge on any atom is 0.0351 e. The Kier molecular flexibility index (Phi) is 4.45. The van der Waals surface area contributed by atoms with Gasteiger partial charge in [0, 0.05) is 12.1 Å². The van der Waals surface area contributed by atoms with Gasteiger partial charge in [-0.25, -0.2) is 0 Å². The molecule has 0 spiro atoms. The maximum atomic E-state index is 4.04. The van der Waals surface area contributed by atoms with Gasteiger partial charge in [-0.2, -0.15) is 0 Å². The lowest BCUT2D eigenvalue weighted by molar-refractivity contribution is 0.307. The first kappa shape index (κ1) is 14.1. The first-order chi connectivity index (χ1) is 9.74. The summed E-state index contributed by atoms with van der Waals surface area (Å²) in [7, 11) is 0. The van der Waals surface area contributed by atoms with Gasteiger partial charge in [-0.05, 0) is 50.0 Å². The largest absolute Gasteiger partial charge is 0.307 e. The molecule has 1 heteroatoms. The van der Waals surface area contributed by atoms with E-state index in [2.05, 4.69) is 43.4 Å². The molecule has 0 saturated heterocycles. The topological polar surface area (TPSA) is 12.0 Å². The fourth-order valence-corrected chi connectivity index (χ4v) is 3.68. The van der Waals surface area contributed by atoms with Crippen LogP contribution in [0.15, 0.2) is 24.3 Å². The molecule has 0 heterocycles. The van der Waals surface area contributed by atoms with E-state index in [0.29, 0.717) is 6.04 Å². The third-order valence-corrected chi connectivity index (χ3v) is 5.28. The highest BCUT2D eigenvalue weighted by atomic mass is 15.0. The standard InChI is InChI=1S/C19H29N/c1-14-8-10-16(11-9-14)19(17-12-13-17)20-18-7-5-3-4-6-15(18)2/h8-11,15,17-20H,3-7,12-13H2,1-2H3. The number of hydrogen-bond donors (Lipinski definition) is 1. The molecule has 3 atom stereocenters. The van der Waals surface area contributed by atoms with E-state index in [1.165, 1.54) is 56.1 Å². The molecule has 2 fully saturated rings. The van der Waals surface area contributed by atoms with Gasteiger partial charge in [0.1, 0.15) is 0 Å². The average Bonchev–Trinajstić information content (AvgIpc) is 3.27. The van der Waals surface area contributed by atoms with Gasteiger partial charge in [0.15, 0.2) is 0 Å². The summed E-state index contributed by atoms with van der Waals surface area (Å²) in [6.07, 6.45) is 9.87. The van der Waals surface area contributed by atoms with Crippen LogP contribution in [0.1, 0.15) is 69.0 Å². The first-order valence-corrected chi connectivity index (χ1v) is 8.56. The highest BCUT2D eigenvalue weighted by Crippen LogP contribution is 2.42. The summed E-state index contributed by atoms with van der Waals surface area (Å²) < 4.78 is 0. The van der Waals surface area contributed by atoms with Crippen molar-refractivity contribution >= 4 is 0 Å². The minimum atomic E-state index is 0.598. The summed E-state index contributed by atoms with van der Waals surface area (Å²) in [4.78, 5) is 0. The number of nitrogens with one attached hydrogen (secondary N) is 1. The quantitative estimate of drug-likeness (QED) is 0.759.